The zero-order valence-corrected chi connectivity index (χ0v) is 11.0. The van der Waals surface area contributed by atoms with Crippen molar-refractivity contribution in [1.29, 1.82) is 0 Å². The van der Waals surface area contributed by atoms with Gasteiger partial charge in [-0.3, -0.25) is 4.98 Å². The Balaban J connectivity index is 2.26. The van der Waals surface area contributed by atoms with Gasteiger partial charge in [0.25, 0.3) is 0 Å². The second-order valence-electron chi connectivity index (χ2n) is 4.00. The molecule has 3 heteroatoms. The summed E-state index contributed by atoms with van der Waals surface area (Å²) in [6, 6.07) is 10.2. The topological polar surface area (TPSA) is 22.1 Å². The summed E-state index contributed by atoms with van der Waals surface area (Å²) in [6.07, 6.45) is 0.238. The number of hydrogen-bond donors (Lipinski definition) is 0. The number of rotatable bonds is 3. The molecule has 0 saturated heterocycles. The number of halogens is 1. The molecule has 0 spiro atoms. The molecule has 0 aliphatic rings. The summed E-state index contributed by atoms with van der Waals surface area (Å²) in [5.74, 6) is 0. The molecule has 2 rings (SSSR count). The van der Waals surface area contributed by atoms with Crippen LogP contribution in [0.5, 0.6) is 0 Å². The molecule has 0 atom stereocenters. The van der Waals surface area contributed by atoms with Gasteiger partial charge in [0.1, 0.15) is 0 Å². The van der Waals surface area contributed by atoms with Crippen molar-refractivity contribution in [3.63, 3.8) is 0 Å². The maximum atomic E-state index is 5.53. The summed E-state index contributed by atoms with van der Waals surface area (Å²) in [5.41, 5.74) is 1.98. The normalized spacial score (nSPS) is 11.2. The fourth-order valence-corrected chi connectivity index (χ4v) is 1.85. The second-order valence-corrected chi connectivity index (χ2v) is 4.92. The van der Waals surface area contributed by atoms with Gasteiger partial charge in [-0.05, 0) is 38.1 Å². The molecule has 0 aliphatic carbocycles. The Morgan fingerprint density at radius 1 is 1.25 bits per heavy atom. The highest BCUT2D eigenvalue weighted by Gasteiger charge is 2.00. The van der Waals surface area contributed by atoms with Gasteiger partial charge in [0.05, 0.1) is 23.9 Å². The van der Waals surface area contributed by atoms with Crippen molar-refractivity contribution in [2.45, 2.75) is 26.6 Å². The molecule has 0 saturated carbocycles. The minimum Gasteiger partial charge on any atom is -0.373 e. The van der Waals surface area contributed by atoms with E-state index in [0.29, 0.717) is 6.61 Å². The van der Waals surface area contributed by atoms with E-state index in [1.807, 2.05) is 32.0 Å². The molecule has 0 N–H and O–H groups in total. The van der Waals surface area contributed by atoms with Gasteiger partial charge in [-0.2, -0.15) is 0 Å². The number of benzene rings is 1. The average Bonchev–Trinajstić information content (AvgIpc) is 2.26. The van der Waals surface area contributed by atoms with Crippen molar-refractivity contribution in [2.24, 2.45) is 0 Å². The third-order valence-corrected chi connectivity index (χ3v) is 2.77. The van der Waals surface area contributed by atoms with Crippen LogP contribution in [-0.4, -0.2) is 11.1 Å². The lowest BCUT2D eigenvalue weighted by atomic mass is 10.2. The minimum absolute atomic E-state index is 0.238. The Bertz CT molecular complexity index is 496. The summed E-state index contributed by atoms with van der Waals surface area (Å²) in [7, 11) is 0. The fourth-order valence-electron chi connectivity index (χ4n) is 1.47. The molecule has 0 bridgehead atoms. The summed E-state index contributed by atoms with van der Waals surface area (Å²) < 4.78 is 6.61. The van der Waals surface area contributed by atoms with Gasteiger partial charge in [0.2, 0.25) is 0 Å². The van der Waals surface area contributed by atoms with Crippen LogP contribution >= 0.6 is 15.9 Å². The lowest BCUT2D eigenvalue weighted by Gasteiger charge is -2.07. The Hall–Kier alpha value is -0.930. The second kappa shape index (κ2) is 4.93. The number of nitrogens with zero attached hydrogens (tertiary/aromatic N) is 1. The summed E-state index contributed by atoms with van der Waals surface area (Å²) >= 11 is 3.45. The molecular formula is C13H14BrNO. The van der Waals surface area contributed by atoms with Gasteiger partial charge in [-0.25, -0.2) is 0 Å². The first-order chi connectivity index (χ1) is 7.65. The van der Waals surface area contributed by atoms with Crippen LogP contribution in [0.25, 0.3) is 10.9 Å². The minimum atomic E-state index is 0.238. The lowest BCUT2D eigenvalue weighted by Crippen LogP contribution is -2.03. The van der Waals surface area contributed by atoms with Crippen molar-refractivity contribution in [3.8, 4) is 0 Å². The highest BCUT2D eigenvalue weighted by atomic mass is 79.9. The molecule has 2 aromatic rings. The van der Waals surface area contributed by atoms with Crippen LogP contribution in [0.3, 0.4) is 0 Å². The predicted octanol–water partition coefficient (Wildman–Crippen LogP) is 3.92. The van der Waals surface area contributed by atoms with Crippen LogP contribution in [0, 0.1) is 0 Å². The molecule has 1 aromatic carbocycles. The molecule has 2 nitrogen and oxygen atoms in total. The van der Waals surface area contributed by atoms with Gasteiger partial charge < -0.3 is 4.74 Å². The molecular weight excluding hydrogens is 266 g/mol. The lowest BCUT2D eigenvalue weighted by molar-refractivity contribution is 0.0637. The number of pyridine rings is 1. The van der Waals surface area contributed by atoms with Gasteiger partial charge in [0.15, 0.2) is 0 Å². The smallest absolute Gasteiger partial charge is 0.0891 e. The Labute approximate surface area is 104 Å². The van der Waals surface area contributed by atoms with Gasteiger partial charge >= 0.3 is 0 Å². The Morgan fingerprint density at radius 3 is 2.81 bits per heavy atom. The van der Waals surface area contributed by atoms with Gasteiger partial charge in [0, 0.05) is 9.86 Å². The van der Waals surface area contributed by atoms with E-state index >= 15 is 0 Å². The zero-order chi connectivity index (χ0) is 11.5. The number of ether oxygens (including phenoxy) is 1. The molecule has 0 fully saturated rings. The molecule has 1 heterocycles. The first-order valence-electron chi connectivity index (χ1n) is 5.32. The fraction of sp³-hybridized carbons (Fsp3) is 0.308. The van der Waals surface area contributed by atoms with Crippen molar-refractivity contribution >= 4 is 26.8 Å². The molecule has 0 unspecified atom stereocenters. The summed E-state index contributed by atoms with van der Waals surface area (Å²) in [4.78, 5) is 4.54. The van der Waals surface area contributed by atoms with Gasteiger partial charge in [-0.1, -0.05) is 22.0 Å². The van der Waals surface area contributed by atoms with E-state index in [1.54, 1.807) is 0 Å². The molecule has 0 radical (unpaired) electrons. The van der Waals surface area contributed by atoms with Crippen LogP contribution in [-0.2, 0) is 11.3 Å². The maximum absolute atomic E-state index is 5.53. The van der Waals surface area contributed by atoms with E-state index in [-0.39, 0.29) is 6.10 Å². The van der Waals surface area contributed by atoms with E-state index in [4.69, 9.17) is 4.74 Å². The predicted molar refractivity (Wildman–Crippen MR) is 69.4 cm³/mol. The summed E-state index contributed by atoms with van der Waals surface area (Å²) in [6.45, 7) is 4.62. The van der Waals surface area contributed by atoms with Gasteiger partial charge in [-0.15, -0.1) is 0 Å². The van der Waals surface area contributed by atoms with E-state index in [9.17, 15) is 0 Å². The molecule has 1 aromatic heterocycles. The standard InChI is InChI=1S/C13H14BrNO/c1-9(2)16-8-12-5-3-10-7-11(14)4-6-13(10)15-12/h3-7,9H,8H2,1-2H3. The first-order valence-corrected chi connectivity index (χ1v) is 6.11. The van der Waals surface area contributed by atoms with E-state index in [1.165, 1.54) is 0 Å². The molecule has 0 amide bonds. The zero-order valence-electron chi connectivity index (χ0n) is 9.40. The van der Waals surface area contributed by atoms with Crippen LogP contribution in [0.2, 0.25) is 0 Å². The molecule has 0 aliphatic heterocycles. The summed E-state index contributed by atoms with van der Waals surface area (Å²) in [5, 5.41) is 1.14. The van der Waals surface area contributed by atoms with E-state index in [0.717, 1.165) is 21.1 Å². The maximum Gasteiger partial charge on any atom is 0.0891 e. The number of hydrogen-bond acceptors (Lipinski definition) is 2. The van der Waals surface area contributed by atoms with Crippen molar-refractivity contribution < 1.29 is 4.74 Å². The number of aromatic nitrogens is 1. The highest BCUT2D eigenvalue weighted by molar-refractivity contribution is 9.10. The number of fused-ring (bicyclic) bond motifs is 1. The monoisotopic (exact) mass is 279 g/mol. The third kappa shape index (κ3) is 2.80. The van der Waals surface area contributed by atoms with Crippen LogP contribution in [0.15, 0.2) is 34.8 Å². The SMILES string of the molecule is CC(C)OCc1ccc2cc(Br)ccc2n1. The van der Waals surface area contributed by atoms with Crippen LogP contribution < -0.4 is 0 Å². The Morgan fingerprint density at radius 2 is 2.06 bits per heavy atom. The quantitative estimate of drug-likeness (QED) is 0.850. The third-order valence-electron chi connectivity index (χ3n) is 2.27. The largest absolute Gasteiger partial charge is 0.373 e. The van der Waals surface area contributed by atoms with Crippen molar-refractivity contribution in [1.82, 2.24) is 4.98 Å². The van der Waals surface area contributed by atoms with Crippen molar-refractivity contribution in [3.05, 3.63) is 40.5 Å². The van der Waals surface area contributed by atoms with E-state index in [2.05, 4.69) is 33.0 Å². The van der Waals surface area contributed by atoms with Crippen molar-refractivity contribution in [2.75, 3.05) is 0 Å². The van der Waals surface area contributed by atoms with Crippen LogP contribution in [0.4, 0.5) is 0 Å². The van der Waals surface area contributed by atoms with Crippen LogP contribution in [0.1, 0.15) is 19.5 Å². The average molecular weight is 280 g/mol. The molecule has 84 valence electrons. The highest BCUT2D eigenvalue weighted by Crippen LogP contribution is 2.18. The van der Waals surface area contributed by atoms with E-state index < -0.39 is 0 Å². The first kappa shape index (κ1) is 11.6. The Kier molecular flexibility index (Phi) is 3.56. The molecule has 16 heavy (non-hydrogen) atoms.